The zero-order valence-electron chi connectivity index (χ0n) is 17.7. The first-order chi connectivity index (χ1) is 15.6. The average molecular weight is 457 g/mol. The number of benzene rings is 1. The third-order valence-electron chi connectivity index (χ3n) is 5.94. The Bertz CT molecular complexity index is 1080. The number of rotatable bonds is 7. The first-order valence-corrected chi connectivity index (χ1v) is 10.2. The summed E-state index contributed by atoms with van der Waals surface area (Å²) in [6, 6.07) is 4.98. The number of carbonyl (C=O) groups excluding carboxylic acids is 2. The number of nitrogens with one attached hydrogen (secondary N) is 2. The van der Waals surface area contributed by atoms with Gasteiger partial charge >= 0.3 is 11.9 Å². The molecule has 2 amide bonds. The van der Waals surface area contributed by atoms with Gasteiger partial charge in [-0.05, 0) is 37.7 Å². The molecule has 13 nitrogen and oxygen atoms in total. The van der Waals surface area contributed by atoms with Gasteiger partial charge in [-0.1, -0.05) is 0 Å². The smallest absolute Gasteiger partial charge is 0.326 e. The summed E-state index contributed by atoms with van der Waals surface area (Å²) >= 11 is 0. The van der Waals surface area contributed by atoms with Crippen LogP contribution in [-0.4, -0.2) is 88.5 Å². The minimum absolute atomic E-state index is 0.0112. The monoisotopic (exact) mass is 457 g/mol. The maximum absolute atomic E-state index is 13.0. The van der Waals surface area contributed by atoms with E-state index in [1.54, 1.807) is 19.2 Å². The van der Waals surface area contributed by atoms with Crippen molar-refractivity contribution in [3.05, 3.63) is 29.8 Å². The van der Waals surface area contributed by atoms with Crippen molar-refractivity contribution in [3.63, 3.8) is 0 Å². The highest BCUT2D eigenvalue weighted by molar-refractivity contribution is 6.23. The SMILES string of the molecule is CN1CC2CN(c3ccc(C(=O)NC(CCC(=O)O)C(=O)O)cc3)C13C(=O)N=C(N)N=C3N2. The molecule has 5 rings (SSSR count). The topological polar surface area (TPSA) is 190 Å². The number of hydrogen-bond acceptors (Lipinski definition) is 9. The van der Waals surface area contributed by atoms with Crippen LogP contribution in [0.2, 0.25) is 0 Å². The van der Waals surface area contributed by atoms with E-state index in [4.69, 9.17) is 10.8 Å². The molecule has 3 saturated heterocycles. The highest BCUT2D eigenvalue weighted by Crippen LogP contribution is 2.37. The molecular formula is C20H23N7O6. The number of piperazine rings is 2. The van der Waals surface area contributed by atoms with E-state index in [-0.39, 0.29) is 30.4 Å². The normalized spacial score (nSPS) is 24.8. The van der Waals surface area contributed by atoms with Gasteiger partial charge in [0, 0.05) is 30.8 Å². The number of carboxylic acid groups (broad SMARTS) is 2. The van der Waals surface area contributed by atoms with Crippen LogP contribution in [0.15, 0.2) is 34.3 Å². The fourth-order valence-electron chi connectivity index (χ4n) is 4.44. The van der Waals surface area contributed by atoms with E-state index in [9.17, 15) is 24.3 Å². The summed E-state index contributed by atoms with van der Waals surface area (Å²) in [5.74, 6) is -3.30. The standard InChI is InChI=1S/C20H23N7O6/c1-26-8-11-9-27(20(26)17(22-11)24-19(21)25-18(20)33)12-4-2-10(3-5-12)15(30)23-13(16(31)32)6-7-14(28)29/h2-5,11,13H,6-9H2,1H3,(H,23,30)(H,28,29)(H,31,32)(H3,21,22,24,25,33). The molecule has 4 heterocycles. The molecule has 0 saturated carbocycles. The Morgan fingerprint density at radius 2 is 1.94 bits per heavy atom. The molecule has 33 heavy (non-hydrogen) atoms. The fourth-order valence-corrected chi connectivity index (χ4v) is 4.44. The summed E-state index contributed by atoms with van der Waals surface area (Å²) in [4.78, 5) is 59.5. The van der Waals surface area contributed by atoms with Gasteiger partial charge in [-0.15, -0.1) is 0 Å². The highest BCUT2D eigenvalue weighted by Gasteiger charge is 2.61. The molecule has 3 unspecified atom stereocenters. The fraction of sp³-hybridized carbons (Fsp3) is 0.400. The van der Waals surface area contributed by atoms with Gasteiger partial charge in [-0.2, -0.15) is 9.98 Å². The number of aliphatic imine (C=N–C) groups is 2. The number of amidine groups is 1. The predicted molar refractivity (Wildman–Crippen MR) is 116 cm³/mol. The highest BCUT2D eigenvalue weighted by atomic mass is 16.4. The van der Waals surface area contributed by atoms with Gasteiger partial charge in [-0.3, -0.25) is 19.3 Å². The van der Waals surface area contributed by atoms with Gasteiger partial charge in [0.15, 0.2) is 5.84 Å². The lowest BCUT2D eigenvalue weighted by Gasteiger charge is -2.59. The van der Waals surface area contributed by atoms with Crippen molar-refractivity contribution in [2.45, 2.75) is 30.6 Å². The number of aliphatic carboxylic acids is 2. The Hall–Kier alpha value is -4.00. The van der Waals surface area contributed by atoms with Gasteiger partial charge in [0.25, 0.3) is 11.8 Å². The lowest BCUT2D eigenvalue weighted by molar-refractivity contribution is -0.140. The third kappa shape index (κ3) is 3.75. The molecule has 0 aromatic heterocycles. The van der Waals surface area contributed by atoms with Gasteiger partial charge in [0.1, 0.15) is 6.04 Å². The number of nitrogens with two attached hydrogens (primary N) is 1. The second-order valence-electron chi connectivity index (χ2n) is 8.08. The van der Waals surface area contributed by atoms with Crippen molar-refractivity contribution in [1.82, 2.24) is 15.5 Å². The number of hydrogen-bond donors (Lipinski definition) is 5. The van der Waals surface area contributed by atoms with Crippen LogP contribution < -0.4 is 21.3 Å². The molecule has 3 atom stereocenters. The van der Waals surface area contributed by atoms with E-state index in [1.165, 1.54) is 12.1 Å². The zero-order valence-corrected chi connectivity index (χ0v) is 17.7. The first kappa shape index (κ1) is 22.2. The van der Waals surface area contributed by atoms with E-state index < -0.39 is 35.5 Å². The summed E-state index contributed by atoms with van der Waals surface area (Å²) in [6.45, 7) is 1.09. The van der Waals surface area contributed by atoms with Crippen molar-refractivity contribution in [2.75, 3.05) is 25.0 Å². The molecule has 0 aliphatic carbocycles. The third-order valence-corrected chi connectivity index (χ3v) is 5.94. The first-order valence-electron chi connectivity index (χ1n) is 10.2. The number of likely N-dealkylation sites (N-methyl/N-ethyl adjacent to an activating group) is 1. The number of anilines is 1. The average Bonchev–Trinajstić information content (AvgIpc) is 2.75. The zero-order chi connectivity index (χ0) is 23.9. The maximum Gasteiger partial charge on any atom is 0.326 e. The minimum Gasteiger partial charge on any atom is -0.481 e. The van der Waals surface area contributed by atoms with Crippen LogP contribution in [-0.2, 0) is 14.4 Å². The van der Waals surface area contributed by atoms with Crippen LogP contribution in [0.3, 0.4) is 0 Å². The summed E-state index contributed by atoms with van der Waals surface area (Å²) < 4.78 is 0. The van der Waals surface area contributed by atoms with Gasteiger partial charge < -0.3 is 31.5 Å². The Morgan fingerprint density at radius 3 is 2.58 bits per heavy atom. The van der Waals surface area contributed by atoms with Crippen molar-refractivity contribution in [2.24, 2.45) is 15.7 Å². The van der Waals surface area contributed by atoms with E-state index in [2.05, 4.69) is 20.6 Å². The molecule has 3 fully saturated rings. The van der Waals surface area contributed by atoms with Crippen LogP contribution in [0.1, 0.15) is 23.2 Å². The second kappa shape index (κ2) is 8.16. The van der Waals surface area contributed by atoms with Crippen LogP contribution in [0, 0.1) is 0 Å². The summed E-state index contributed by atoms with van der Waals surface area (Å²) in [5, 5.41) is 23.6. The molecule has 1 aromatic carbocycles. The van der Waals surface area contributed by atoms with Crippen LogP contribution in [0.25, 0.3) is 0 Å². The molecule has 13 heteroatoms. The molecule has 1 spiro atoms. The number of carbonyl (C=O) groups is 4. The molecule has 174 valence electrons. The molecule has 0 radical (unpaired) electrons. The second-order valence-corrected chi connectivity index (χ2v) is 8.08. The maximum atomic E-state index is 13.0. The van der Waals surface area contributed by atoms with Crippen LogP contribution in [0.5, 0.6) is 0 Å². The predicted octanol–water partition coefficient (Wildman–Crippen LogP) is -1.59. The summed E-state index contributed by atoms with van der Waals surface area (Å²) in [7, 11) is 1.80. The number of guanidine groups is 1. The van der Waals surface area contributed by atoms with Gasteiger partial charge in [0.05, 0.1) is 6.04 Å². The molecule has 4 aliphatic rings. The number of carboxylic acids is 2. The number of amides is 2. The Labute approximate surface area is 188 Å². The van der Waals surface area contributed by atoms with Crippen LogP contribution in [0.4, 0.5) is 5.69 Å². The van der Waals surface area contributed by atoms with Gasteiger partial charge in [-0.25, -0.2) is 4.79 Å². The van der Waals surface area contributed by atoms with Crippen molar-refractivity contribution in [3.8, 4) is 0 Å². The van der Waals surface area contributed by atoms with E-state index >= 15 is 0 Å². The molecule has 6 N–H and O–H groups in total. The Morgan fingerprint density at radius 1 is 1.24 bits per heavy atom. The largest absolute Gasteiger partial charge is 0.481 e. The van der Waals surface area contributed by atoms with Crippen molar-refractivity contribution >= 4 is 41.2 Å². The molecule has 2 bridgehead atoms. The molecular weight excluding hydrogens is 434 g/mol. The van der Waals surface area contributed by atoms with Gasteiger partial charge in [0.2, 0.25) is 11.6 Å². The quantitative estimate of drug-likeness (QED) is 0.319. The Kier molecular flexibility index (Phi) is 5.49. The van der Waals surface area contributed by atoms with E-state index in [0.29, 0.717) is 24.6 Å². The Balaban J connectivity index is 1.56. The van der Waals surface area contributed by atoms with Crippen molar-refractivity contribution in [1.29, 1.82) is 0 Å². The number of fused-ring (bicyclic) bond motifs is 2. The van der Waals surface area contributed by atoms with E-state index in [1.807, 2.05) is 9.80 Å². The van der Waals surface area contributed by atoms with Crippen LogP contribution >= 0.6 is 0 Å². The lowest BCUT2D eigenvalue weighted by Crippen LogP contribution is -2.84. The molecule has 1 aromatic rings. The number of nitrogens with zero attached hydrogens (tertiary/aromatic N) is 4. The molecule has 4 aliphatic heterocycles. The minimum atomic E-state index is -1.33. The van der Waals surface area contributed by atoms with E-state index in [0.717, 1.165) is 0 Å². The van der Waals surface area contributed by atoms with Crippen molar-refractivity contribution < 1.29 is 29.4 Å². The lowest BCUT2D eigenvalue weighted by atomic mass is 9.90. The summed E-state index contributed by atoms with van der Waals surface area (Å²) in [6.07, 6.45) is -0.625. The summed E-state index contributed by atoms with van der Waals surface area (Å²) in [5.41, 5.74) is 5.25.